The quantitative estimate of drug-likeness (QED) is 0.649. The molecule has 0 radical (unpaired) electrons. The van der Waals surface area contributed by atoms with Gasteiger partial charge >= 0.3 is 0 Å². The minimum Gasteiger partial charge on any atom is -0.193 e. The van der Waals surface area contributed by atoms with Gasteiger partial charge in [0.05, 0.1) is 6.07 Å². The van der Waals surface area contributed by atoms with Gasteiger partial charge in [0.2, 0.25) is 0 Å². The summed E-state index contributed by atoms with van der Waals surface area (Å²) in [6, 6.07) is 6.26. The first-order chi connectivity index (χ1) is 6.56. The number of benzene rings is 1. The molecule has 1 rings (SSSR count). The Morgan fingerprint density at radius 3 is 2.50 bits per heavy atom. The van der Waals surface area contributed by atoms with Crippen molar-refractivity contribution in [2.24, 2.45) is 0 Å². The van der Waals surface area contributed by atoms with Crippen LogP contribution in [0.1, 0.15) is 22.3 Å². The highest BCUT2D eigenvalue weighted by Crippen LogP contribution is 2.19. The fraction of sp³-hybridized carbons (Fsp3) is 0.308. The predicted octanol–water partition coefficient (Wildman–Crippen LogP) is 3.23. The summed E-state index contributed by atoms with van der Waals surface area (Å²) in [5.74, 6) is 0. The molecule has 72 valence electrons. The zero-order valence-electron chi connectivity index (χ0n) is 9.02. The van der Waals surface area contributed by atoms with Crippen molar-refractivity contribution in [2.45, 2.75) is 27.2 Å². The number of allylic oxidation sites excluding steroid dienone is 1. The molecule has 0 fully saturated rings. The molecule has 1 aromatic rings. The first-order valence-electron chi connectivity index (χ1n) is 4.69. The summed E-state index contributed by atoms with van der Waals surface area (Å²) in [6.45, 7) is 10.0. The van der Waals surface area contributed by atoms with Crippen LogP contribution in [-0.4, -0.2) is 0 Å². The van der Waals surface area contributed by atoms with E-state index in [4.69, 9.17) is 5.26 Å². The molecule has 0 aliphatic heterocycles. The lowest BCUT2D eigenvalue weighted by atomic mass is 9.95. The molecule has 1 heteroatoms. The van der Waals surface area contributed by atoms with Crippen molar-refractivity contribution in [3.63, 3.8) is 0 Å². The molecule has 1 nitrogen and oxygen atoms in total. The van der Waals surface area contributed by atoms with Gasteiger partial charge in [-0.25, -0.2) is 0 Å². The minimum atomic E-state index is 0.622. The van der Waals surface area contributed by atoms with Gasteiger partial charge in [-0.2, -0.15) is 5.26 Å². The van der Waals surface area contributed by atoms with E-state index in [2.05, 4.69) is 45.6 Å². The van der Waals surface area contributed by atoms with Crippen molar-refractivity contribution >= 4 is 0 Å². The van der Waals surface area contributed by atoms with Gasteiger partial charge in [-0.15, -0.1) is 0 Å². The van der Waals surface area contributed by atoms with Gasteiger partial charge < -0.3 is 0 Å². The molecular weight excluding hydrogens is 170 g/mol. The average Bonchev–Trinajstić information content (AvgIpc) is 2.19. The maximum absolute atomic E-state index is 8.66. The summed E-state index contributed by atoms with van der Waals surface area (Å²) in [4.78, 5) is 0. The van der Waals surface area contributed by atoms with E-state index in [1.807, 2.05) is 0 Å². The average molecular weight is 185 g/mol. The standard InChI is InChI=1S/C13H15N/c1-9(8-14)7-13-6-5-10(2)11(3)12(13)4/h5-6H,1,7H2,2-4H3. The van der Waals surface area contributed by atoms with Gasteiger partial charge in [0.25, 0.3) is 0 Å². The molecule has 1 aromatic carbocycles. The van der Waals surface area contributed by atoms with Crippen LogP contribution in [-0.2, 0) is 6.42 Å². The monoisotopic (exact) mass is 185 g/mol. The van der Waals surface area contributed by atoms with Gasteiger partial charge in [-0.3, -0.25) is 0 Å². The van der Waals surface area contributed by atoms with Crippen LogP contribution in [0.15, 0.2) is 24.3 Å². The minimum absolute atomic E-state index is 0.622. The molecule has 0 amide bonds. The summed E-state index contributed by atoms with van der Waals surface area (Å²) in [5.41, 5.74) is 5.72. The first kappa shape index (κ1) is 10.5. The highest BCUT2D eigenvalue weighted by Gasteiger charge is 2.04. The Labute approximate surface area is 85.7 Å². The number of hydrogen-bond donors (Lipinski definition) is 0. The van der Waals surface area contributed by atoms with Crippen LogP contribution >= 0.6 is 0 Å². The first-order valence-corrected chi connectivity index (χ1v) is 4.69. The normalized spacial score (nSPS) is 9.57. The van der Waals surface area contributed by atoms with Crippen molar-refractivity contribution in [1.29, 1.82) is 5.26 Å². The predicted molar refractivity (Wildman–Crippen MR) is 59.1 cm³/mol. The third kappa shape index (κ3) is 2.03. The molecule has 0 aliphatic rings. The van der Waals surface area contributed by atoms with E-state index >= 15 is 0 Å². The van der Waals surface area contributed by atoms with Crippen molar-refractivity contribution in [1.82, 2.24) is 0 Å². The third-order valence-electron chi connectivity index (χ3n) is 2.73. The topological polar surface area (TPSA) is 23.8 Å². The van der Waals surface area contributed by atoms with Gasteiger partial charge in [-0.05, 0) is 43.0 Å². The van der Waals surface area contributed by atoms with Crippen molar-refractivity contribution in [2.75, 3.05) is 0 Å². The fourth-order valence-corrected chi connectivity index (χ4v) is 1.47. The molecule has 0 unspecified atom stereocenters. The summed E-state index contributed by atoms with van der Waals surface area (Å²) >= 11 is 0. The number of rotatable bonds is 2. The summed E-state index contributed by atoms with van der Waals surface area (Å²) in [5, 5.41) is 8.66. The van der Waals surface area contributed by atoms with Crippen molar-refractivity contribution in [3.05, 3.63) is 46.5 Å². The highest BCUT2D eigenvalue weighted by atomic mass is 14.2. The molecule has 0 spiro atoms. The smallest absolute Gasteiger partial charge is 0.0944 e. The summed E-state index contributed by atoms with van der Waals surface area (Å²) in [7, 11) is 0. The van der Waals surface area contributed by atoms with E-state index in [0.29, 0.717) is 12.0 Å². The van der Waals surface area contributed by atoms with Crippen LogP contribution in [0, 0.1) is 32.1 Å². The van der Waals surface area contributed by atoms with Crippen LogP contribution in [0.25, 0.3) is 0 Å². The zero-order valence-corrected chi connectivity index (χ0v) is 9.02. The van der Waals surface area contributed by atoms with E-state index in [-0.39, 0.29) is 0 Å². The Morgan fingerprint density at radius 2 is 1.93 bits per heavy atom. The van der Waals surface area contributed by atoms with Gasteiger partial charge in [-0.1, -0.05) is 18.7 Å². The Kier molecular flexibility index (Phi) is 3.09. The SMILES string of the molecule is C=C(C#N)Cc1ccc(C)c(C)c1C. The number of nitrogens with zero attached hydrogens (tertiary/aromatic N) is 1. The van der Waals surface area contributed by atoms with E-state index < -0.39 is 0 Å². The lowest BCUT2D eigenvalue weighted by molar-refractivity contribution is 1.13. The molecule has 0 saturated heterocycles. The Bertz CT molecular complexity index is 408. The molecule has 0 heterocycles. The second-order valence-electron chi connectivity index (χ2n) is 3.68. The van der Waals surface area contributed by atoms with Crippen LogP contribution in [0.5, 0.6) is 0 Å². The molecule has 0 saturated carbocycles. The van der Waals surface area contributed by atoms with Crippen molar-refractivity contribution in [3.8, 4) is 6.07 Å². The third-order valence-corrected chi connectivity index (χ3v) is 2.73. The molecule has 0 aliphatic carbocycles. The molecule has 0 atom stereocenters. The largest absolute Gasteiger partial charge is 0.193 e. The zero-order chi connectivity index (χ0) is 10.7. The Balaban J connectivity index is 3.07. The van der Waals surface area contributed by atoms with Crippen molar-refractivity contribution < 1.29 is 0 Å². The lowest BCUT2D eigenvalue weighted by Gasteiger charge is -2.10. The van der Waals surface area contributed by atoms with E-state index in [9.17, 15) is 0 Å². The Hall–Kier alpha value is -1.55. The molecule has 0 aromatic heterocycles. The van der Waals surface area contributed by atoms with Gasteiger partial charge in [0, 0.05) is 12.0 Å². The van der Waals surface area contributed by atoms with Crippen LogP contribution in [0.2, 0.25) is 0 Å². The second kappa shape index (κ2) is 4.11. The van der Waals surface area contributed by atoms with Gasteiger partial charge in [0.1, 0.15) is 0 Å². The fourth-order valence-electron chi connectivity index (χ4n) is 1.47. The second-order valence-corrected chi connectivity index (χ2v) is 3.68. The van der Waals surface area contributed by atoms with Gasteiger partial charge in [0.15, 0.2) is 0 Å². The summed E-state index contributed by atoms with van der Waals surface area (Å²) < 4.78 is 0. The lowest BCUT2D eigenvalue weighted by Crippen LogP contribution is -1.95. The number of hydrogen-bond acceptors (Lipinski definition) is 1. The summed E-state index contributed by atoms with van der Waals surface area (Å²) in [6.07, 6.45) is 0.670. The molecular formula is C13H15N. The van der Waals surface area contributed by atoms with Crippen LogP contribution < -0.4 is 0 Å². The Morgan fingerprint density at radius 1 is 1.29 bits per heavy atom. The molecule has 0 bridgehead atoms. The van der Waals surface area contributed by atoms with E-state index in [1.165, 1.54) is 22.3 Å². The number of aryl methyl sites for hydroxylation is 1. The van der Waals surface area contributed by atoms with E-state index in [0.717, 1.165) is 0 Å². The maximum atomic E-state index is 8.66. The van der Waals surface area contributed by atoms with Crippen LogP contribution in [0.3, 0.4) is 0 Å². The van der Waals surface area contributed by atoms with Crippen LogP contribution in [0.4, 0.5) is 0 Å². The highest BCUT2D eigenvalue weighted by molar-refractivity contribution is 5.41. The number of nitriles is 1. The molecule has 0 N–H and O–H groups in total. The maximum Gasteiger partial charge on any atom is 0.0944 e. The molecule has 14 heavy (non-hydrogen) atoms. The van der Waals surface area contributed by atoms with E-state index in [1.54, 1.807) is 0 Å².